The van der Waals surface area contributed by atoms with Crippen LogP contribution in [0.4, 0.5) is 5.69 Å². The van der Waals surface area contributed by atoms with Gasteiger partial charge in [0.25, 0.3) is 5.56 Å². The highest BCUT2D eigenvalue weighted by molar-refractivity contribution is 5.72. The van der Waals surface area contributed by atoms with Crippen molar-refractivity contribution in [2.45, 2.75) is 33.6 Å². The van der Waals surface area contributed by atoms with E-state index in [2.05, 4.69) is 50.2 Å². The molecule has 0 unspecified atom stereocenters. The molecule has 0 saturated heterocycles. The van der Waals surface area contributed by atoms with Crippen LogP contribution in [0.25, 0.3) is 5.70 Å². The summed E-state index contributed by atoms with van der Waals surface area (Å²) in [6, 6.07) is 2.02. The van der Waals surface area contributed by atoms with E-state index in [9.17, 15) is 4.79 Å². The predicted octanol–water partition coefficient (Wildman–Crippen LogP) is 3.23. The van der Waals surface area contributed by atoms with E-state index in [0.717, 1.165) is 48.5 Å². The molecule has 1 aromatic rings. The third-order valence-corrected chi connectivity index (χ3v) is 4.89. The quantitative estimate of drug-likeness (QED) is 0.931. The van der Waals surface area contributed by atoms with Crippen LogP contribution in [0, 0.1) is 0 Å². The van der Waals surface area contributed by atoms with E-state index in [1.807, 2.05) is 16.8 Å². The average Bonchev–Trinajstić information content (AvgIpc) is 3.02. The van der Waals surface area contributed by atoms with E-state index in [0.29, 0.717) is 0 Å². The Morgan fingerprint density at radius 2 is 2.22 bits per heavy atom. The van der Waals surface area contributed by atoms with Crippen LogP contribution < -0.4 is 10.9 Å². The van der Waals surface area contributed by atoms with Crippen LogP contribution in [0.1, 0.15) is 32.8 Å². The van der Waals surface area contributed by atoms with Gasteiger partial charge in [0.05, 0.1) is 5.70 Å². The van der Waals surface area contributed by atoms with Gasteiger partial charge in [-0.15, -0.1) is 0 Å². The van der Waals surface area contributed by atoms with Crippen molar-refractivity contribution < 1.29 is 0 Å². The molecule has 2 aliphatic heterocycles. The number of fused-ring (bicyclic) bond motifs is 1. The number of allylic oxidation sites excluding steroid dienone is 5. The molecule has 4 heteroatoms. The first kappa shape index (κ1) is 15.7. The number of pyridine rings is 1. The lowest BCUT2D eigenvalue weighted by Gasteiger charge is -2.28. The number of rotatable bonds is 3. The van der Waals surface area contributed by atoms with Crippen LogP contribution in [-0.2, 0) is 6.42 Å². The van der Waals surface area contributed by atoms with Gasteiger partial charge in [-0.3, -0.25) is 9.36 Å². The molecule has 0 spiro atoms. The Balaban J connectivity index is 2.14. The second-order valence-corrected chi connectivity index (χ2v) is 6.37. The van der Waals surface area contributed by atoms with E-state index in [1.165, 1.54) is 11.3 Å². The second kappa shape index (κ2) is 6.11. The first-order valence-electron chi connectivity index (χ1n) is 8.31. The Morgan fingerprint density at radius 3 is 2.96 bits per heavy atom. The first-order valence-corrected chi connectivity index (χ1v) is 8.31. The highest BCUT2D eigenvalue weighted by atomic mass is 16.1. The summed E-state index contributed by atoms with van der Waals surface area (Å²) in [5.74, 6) is 0. The largest absolute Gasteiger partial charge is 0.384 e. The van der Waals surface area contributed by atoms with Crippen LogP contribution in [0.3, 0.4) is 0 Å². The van der Waals surface area contributed by atoms with E-state index < -0.39 is 0 Å². The molecule has 0 atom stereocenters. The molecule has 2 aliphatic rings. The minimum Gasteiger partial charge on any atom is -0.384 e. The fourth-order valence-electron chi connectivity index (χ4n) is 3.11. The molecule has 23 heavy (non-hydrogen) atoms. The maximum Gasteiger partial charge on any atom is 0.260 e. The van der Waals surface area contributed by atoms with E-state index >= 15 is 0 Å². The van der Waals surface area contributed by atoms with Gasteiger partial charge in [-0.25, -0.2) is 0 Å². The van der Waals surface area contributed by atoms with E-state index in [1.54, 1.807) is 0 Å². The SMILES string of the molecule is CC/C(C)=C/C1=C(C)N(C)CC=C1n1ccc2c(c1=O)CCN2. The summed E-state index contributed by atoms with van der Waals surface area (Å²) in [6.45, 7) is 8.10. The van der Waals surface area contributed by atoms with Gasteiger partial charge in [0.15, 0.2) is 0 Å². The average molecular weight is 311 g/mol. The molecule has 0 aliphatic carbocycles. The molecule has 0 amide bonds. The van der Waals surface area contributed by atoms with Gasteiger partial charge in [-0.2, -0.15) is 0 Å². The second-order valence-electron chi connectivity index (χ2n) is 6.37. The number of anilines is 1. The maximum absolute atomic E-state index is 12.9. The molecule has 1 N–H and O–H groups in total. The summed E-state index contributed by atoms with van der Waals surface area (Å²) in [6.07, 6.45) is 8.09. The van der Waals surface area contributed by atoms with Crippen LogP contribution >= 0.6 is 0 Å². The van der Waals surface area contributed by atoms with Crippen molar-refractivity contribution in [1.82, 2.24) is 9.47 Å². The standard InChI is InChI=1S/C19H25N3O/c1-5-13(2)12-16-14(3)21(4)10-8-18(16)22-11-7-17-15(19(22)23)6-9-20-17/h7-8,11-12,20H,5-6,9-10H2,1-4H3/b13-12+. The molecule has 0 fully saturated rings. The predicted molar refractivity (Wildman–Crippen MR) is 96.5 cm³/mol. The lowest BCUT2D eigenvalue weighted by molar-refractivity contribution is 0.456. The lowest BCUT2D eigenvalue weighted by Crippen LogP contribution is -2.28. The monoisotopic (exact) mass is 311 g/mol. The smallest absolute Gasteiger partial charge is 0.260 e. The van der Waals surface area contributed by atoms with Crippen LogP contribution in [-0.4, -0.2) is 29.6 Å². The van der Waals surface area contributed by atoms with Crippen LogP contribution in [0.5, 0.6) is 0 Å². The topological polar surface area (TPSA) is 37.3 Å². The van der Waals surface area contributed by atoms with E-state index in [-0.39, 0.29) is 5.56 Å². The highest BCUT2D eigenvalue weighted by Crippen LogP contribution is 2.28. The van der Waals surface area contributed by atoms with Gasteiger partial charge in [-0.1, -0.05) is 18.6 Å². The van der Waals surface area contributed by atoms with Crippen LogP contribution in [0.15, 0.2) is 46.1 Å². The Labute approximate surface area is 137 Å². The normalized spacial score (nSPS) is 18.0. The zero-order valence-electron chi connectivity index (χ0n) is 14.4. The van der Waals surface area contributed by atoms with Gasteiger partial charge in [-0.05, 0) is 38.8 Å². The summed E-state index contributed by atoms with van der Waals surface area (Å²) < 4.78 is 1.82. The summed E-state index contributed by atoms with van der Waals surface area (Å²) in [4.78, 5) is 15.1. The van der Waals surface area contributed by atoms with Gasteiger partial charge >= 0.3 is 0 Å². The first-order chi connectivity index (χ1) is 11.0. The molecule has 1 aromatic heterocycles. The zero-order valence-corrected chi connectivity index (χ0v) is 14.4. The highest BCUT2D eigenvalue weighted by Gasteiger charge is 2.21. The lowest BCUT2D eigenvalue weighted by atomic mass is 10.0. The van der Waals surface area contributed by atoms with Crippen molar-refractivity contribution in [3.8, 4) is 0 Å². The van der Waals surface area contributed by atoms with Gasteiger partial charge in [0.2, 0.25) is 0 Å². The summed E-state index contributed by atoms with van der Waals surface area (Å²) >= 11 is 0. The molecule has 122 valence electrons. The summed E-state index contributed by atoms with van der Waals surface area (Å²) in [5, 5.41) is 3.27. The van der Waals surface area contributed by atoms with Crippen LogP contribution in [0.2, 0.25) is 0 Å². The fourth-order valence-corrected chi connectivity index (χ4v) is 3.11. The zero-order chi connectivity index (χ0) is 16.6. The third kappa shape index (κ3) is 2.74. The molecule has 0 aromatic carbocycles. The van der Waals surface area contributed by atoms with Crippen molar-refractivity contribution in [3.05, 3.63) is 57.2 Å². The van der Waals surface area contributed by atoms with Crippen molar-refractivity contribution in [3.63, 3.8) is 0 Å². The number of likely N-dealkylation sites (N-methyl/N-ethyl adjacent to an activating group) is 1. The summed E-state index contributed by atoms with van der Waals surface area (Å²) in [5.41, 5.74) is 6.68. The maximum atomic E-state index is 12.9. The Bertz CT molecular complexity index is 780. The Kier molecular flexibility index (Phi) is 4.16. The minimum absolute atomic E-state index is 0.108. The fraction of sp³-hybridized carbons (Fsp3) is 0.421. The van der Waals surface area contributed by atoms with Crippen molar-refractivity contribution in [2.75, 3.05) is 25.5 Å². The molecule has 0 bridgehead atoms. The van der Waals surface area contributed by atoms with Gasteiger partial charge in [0, 0.05) is 48.9 Å². The molecular weight excluding hydrogens is 286 g/mol. The van der Waals surface area contributed by atoms with Crippen molar-refractivity contribution in [2.24, 2.45) is 0 Å². The van der Waals surface area contributed by atoms with Gasteiger partial charge in [0.1, 0.15) is 0 Å². The Hall–Kier alpha value is -2.23. The third-order valence-electron chi connectivity index (χ3n) is 4.89. The molecule has 3 heterocycles. The summed E-state index contributed by atoms with van der Waals surface area (Å²) in [7, 11) is 2.09. The molecule has 0 radical (unpaired) electrons. The number of aromatic nitrogens is 1. The van der Waals surface area contributed by atoms with E-state index in [4.69, 9.17) is 0 Å². The van der Waals surface area contributed by atoms with Crippen molar-refractivity contribution in [1.29, 1.82) is 0 Å². The molecule has 0 saturated carbocycles. The number of hydrogen-bond donors (Lipinski definition) is 1. The number of hydrogen-bond acceptors (Lipinski definition) is 3. The minimum atomic E-state index is 0.108. The van der Waals surface area contributed by atoms with Gasteiger partial charge < -0.3 is 10.2 Å². The number of nitrogens with zero attached hydrogens (tertiary/aromatic N) is 2. The Morgan fingerprint density at radius 1 is 1.43 bits per heavy atom. The van der Waals surface area contributed by atoms with Crippen molar-refractivity contribution >= 4 is 11.4 Å². The molecule has 4 nitrogen and oxygen atoms in total. The molecular formula is C19H25N3O. The molecule has 3 rings (SSSR count). The number of nitrogens with one attached hydrogen (secondary N) is 1.